The average Bonchev–Trinajstić information content (AvgIpc) is 2.34. The van der Waals surface area contributed by atoms with Crippen LogP contribution in [-0.2, 0) is 4.74 Å². The van der Waals surface area contributed by atoms with Gasteiger partial charge in [0.2, 0.25) is 0 Å². The number of nitrogens with two attached hydrogens (primary N) is 2. The number of para-hydroxylation sites is 1. The highest BCUT2D eigenvalue weighted by atomic mass is 16.5. The molecule has 0 spiro atoms. The summed E-state index contributed by atoms with van der Waals surface area (Å²) in [7, 11) is 1.70. The van der Waals surface area contributed by atoms with Crippen LogP contribution in [0, 0.1) is 0 Å². The number of hydrogen-bond donors (Lipinski definition) is 3. The van der Waals surface area contributed by atoms with Crippen molar-refractivity contribution in [2.24, 2.45) is 5.73 Å². The molecule has 0 saturated heterocycles. The number of anilines is 2. The third-order valence-electron chi connectivity index (χ3n) is 2.69. The maximum absolute atomic E-state index is 11.3. The van der Waals surface area contributed by atoms with Gasteiger partial charge in [0.15, 0.2) is 0 Å². The third-order valence-corrected chi connectivity index (χ3v) is 2.69. The molecule has 5 nitrogen and oxygen atoms in total. The summed E-state index contributed by atoms with van der Waals surface area (Å²) in [5.74, 6) is -0.468. The first-order valence-electron chi connectivity index (χ1n) is 6.08. The quantitative estimate of drug-likeness (QED) is 0.483. The molecule has 5 N–H and O–H groups in total. The second-order valence-corrected chi connectivity index (χ2v) is 4.11. The zero-order chi connectivity index (χ0) is 13.4. The molecule has 0 aliphatic carbocycles. The van der Waals surface area contributed by atoms with Gasteiger partial charge < -0.3 is 21.5 Å². The Bertz CT molecular complexity index is 394. The summed E-state index contributed by atoms with van der Waals surface area (Å²) >= 11 is 0. The van der Waals surface area contributed by atoms with Crippen LogP contribution in [0.5, 0.6) is 0 Å². The minimum atomic E-state index is -0.468. The molecular formula is C13H21N3O2. The van der Waals surface area contributed by atoms with Crippen LogP contribution >= 0.6 is 0 Å². The first kappa shape index (κ1) is 14.3. The molecule has 0 fully saturated rings. The van der Waals surface area contributed by atoms with Crippen molar-refractivity contribution in [1.82, 2.24) is 0 Å². The van der Waals surface area contributed by atoms with Gasteiger partial charge in [0, 0.05) is 20.3 Å². The number of benzene rings is 1. The molecule has 0 heterocycles. The van der Waals surface area contributed by atoms with E-state index in [1.54, 1.807) is 25.3 Å². The fourth-order valence-electron chi connectivity index (χ4n) is 1.73. The SMILES string of the molecule is COCCCCCNc1c(N)cccc1C(N)=O. The predicted molar refractivity (Wildman–Crippen MR) is 73.6 cm³/mol. The van der Waals surface area contributed by atoms with Crippen molar-refractivity contribution in [2.75, 3.05) is 31.3 Å². The number of ether oxygens (including phenoxy) is 1. The van der Waals surface area contributed by atoms with Crippen LogP contribution in [-0.4, -0.2) is 26.2 Å². The van der Waals surface area contributed by atoms with Crippen molar-refractivity contribution >= 4 is 17.3 Å². The molecule has 0 aromatic heterocycles. The van der Waals surface area contributed by atoms with Crippen molar-refractivity contribution in [3.8, 4) is 0 Å². The van der Waals surface area contributed by atoms with Crippen LogP contribution in [0.15, 0.2) is 18.2 Å². The van der Waals surface area contributed by atoms with Crippen LogP contribution in [0.3, 0.4) is 0 Å². The number of primary amides is 1. The van der Waals surface area contributed by atoms with Crippen molar-refractivity contribution < 1.29 is 9.53 Å². The van der Waals surface area contributed by atoms with E-state index in [0.29, 0.717) is 16.9 Å². The maximum atomic E-state index is 11.3. The van der Waals surface area contributed by atoms with Gasteiger partial charge in [-0.1, -0.05) is 6.07 Å². The highest BCUT2D eigenvalue weighted by Crippen LogP contribution is 2.23. The average molecular weight is 251 g/mol. The van der Waals surface area contributed by atoms with E-state index in [9.17, 15) is 4.79 Å². The lowest BCUT2D eigenvalue weighted by Crippen LogP contribution is -2.16. The van der Waals surface area contributed by atoms with Gasteiger partial charge >= 0.3 is 0 Å². The van der Waals surface area contributed by atoms with Gasteiger partial charge in [0.25, 0.3) is 5.91 Å². The first-order valence-corrected chi connectivity index (χ1v) is 6.08. The molecule has 100 valence electrons. The van der Waals surface area contributed by atoms with Crippen LogP contribution in [0.4, 0.5) is 11.4 Å². The summed E-state index contributed by atoms with van der Waals surface area (Å²) in [6.07, 6.45) is 3.10. The van der Waals surface area contributed by atoms with Gasteiger partial charge in [0.05, 0.1) is 16.9 Å². The highest BCUT2D eigenvalue weighted by molar-refractivity contribution is 6.01. The molecule has 0 radical (unpaired) electrons. The Balaban J connectivity index is 2.48. The maximum Gasteiger partial charge on any atom is 0.250 e. The molecule has 0 unspecified atom stereocenters. The zero-order valence-electron chi connectivity index (χ0n) is 10.7. The molecule has 0 saturated carbocycles. The lowest BCUT2D eigenvalue weighted by Gasteiger charge is -2.12. The van der Waals surface area contributed by atoms with Gasteiger partial charge in [0.1, 0.15) is 0 Å². The number of amides is 1. The lowest BCUT2D eigenvalue weighted by molar-refractivity contribution is 0.100. The normalized spacial score (nSPS) is 10.3. The molecule has 0 bridgehead atoms. The lowest BCUT2D eigenvalue weighted by atomic mass is 10.1. The molecule has 0 aliphatic heterocycles. The monoisotopic (exact) mass is 251 g/mol. The molecule has 5 heteroatoms. The van der Waals surface area contributed by atoms with E-state index in [1.807, 2.05) is 0 Å². The minimum Gasteiger partial charge on any atom is -0.397 e. The summed E-state index contributed by atoms with van der Waals surface area (Å²) < 4.78 is 4.97. The fourth-order valence-corrected chi connectivity index (χ4v) is 1.73. The van der Waals surface area contributed by atoms with Gasteiger partial charge in [-0.05, 0) is 31.4 Å². The molecule has 1 aromatic rings. The van der Waals surface area contributed by atoms with Crippen molar-refractivity contribution in [1.29, 1.82) is 0 Å². The van der Waals surface area contributed by atoms with E-state index in [-0.39, 0.29) is 0 Å². The standard InChI is InChI=1S/C13H21N3O2/c1-18-9-4-2-3-8-16-12-10(13(15)17)6-5-7-11(12)14/h5-7,16H,2-4,8-9,14H2,1H3,(H2,15,17). The number of unbranched alkanes of at least 4 members (excludes halogenated alkanes) is 2. The van der Waals surface area contributed by atoms with E-state index in [1.165, 1.54) is 0 Å². The van der Waals surface area contributed by atoms with E-state index < -0.39 is 5.91 Å². The Morgan fingerprint density at radius 2 is 2.11 bits per heavy atom. The topological polar surface area (TPSA) is 90.4 Å². The number of rotatable bonds is 8. The minimum absolute atomic E-state index is 0.437. The predicted octanol–water partition coefficient (Wildman–Crippen LogP) is 1.60. The molecule has 1 amide bonds. The summed E-state index contributed by atoms with van der Waals surface area (Å²) in [6.45, 7) is 1.54. The number of carbonyl (C=O) groups excluding carboxylic acids is 1. The Morgan fingerprint density at radius 1 is 1.33 bits per heavy atom. The van der Waals surface area contributed by atoms with E-state index in [4.69, 9.17) is 16.2 Å². The van der Waals surface area contributed by atoms with E-state index in [0.717, 1.165) is 32.4 Å². The molecular weight excluding hydrogens is 230 g/mol. The van der Waals surface area contributed by atoms with E-state index >= 15 is 0 Å². The molecule has 0 aliphatic rings. The number of hydrogen-bond acceptors (Lipinski definition) is 4. The molecule has 1 aromatic carbocycles. The smallest absolute Gasteiger partial charge is 0.250 e. The number of carbonyl (C=O) groups is 1. The van der Waals surface area contributed by atoms with Gasteiger partial charge in [-0.3, -0.25) is 4.79 Å². The van der Waals surface area contributed by atoms with Gasteiger partial charge in [-0.2, -0.15) is 0 Å². The summed E-state index contributed by atoms with van der Waals surface area (Å²) in [4.78, 5) is 11.3. The van der Waals surface area contributed by atoms with Crippen LogP contribution in [0.2, 0.25) is 0 Å². The Hall–Kier alpha value is -1.75. The third kappa shape index (κ3) is 4.25. The largest absolute Gasteiger partial charge is 0.397 e. The number of methoxy groups -OCH3 is 1. The number of nitrogen functional groups attached to an aromatic ring is 1. The summed E-state index contributed by atoms with van der Waals surface area (Å²) in [5, 5.41) is 3.17. The van der Waals surface area contributed by atoms with Crippen LogP contribution in [0.1, 0.15) is 29.6 Å². The van der Waals surface area contributed by atoms with Gasteiger partial charge in [-0.15, -0.1) is 0 Å². The zero-order valence-corrected chi connectivity index (χ0v) is 10.7. The molecule has 18 heavy (non-hydrogen) atoms. The van der Waals surface area contributed by atoms with Gasteiger partial charge in [-0.25, -0.2) is 0 Å². The van der Waals surface area contributed by atoms with Crippen molar-refractivity contribution in [2.45, 2.75) is 19.3 Å². The Labute approximate surface area is 107 Å². The van der Waals surface area contributed by atoms with Crippen LogP contribution in [0.25, 0.3) is 0 Å². The Kier molecular flexibility index (Phi) is 6.00. The summed E-state index contributed by atoms with van der Waals surface area (Å²) in [6, 6.07) is 5.14. The molecule has 0 atom stereocenters. The second-order valence-electron chi connectivity index (χ2n) is 4.11. The van der Waals surface area contributed by atoms with Crippen molar-refractivity contribution in [3.63, 3.8) is 0 Å². The number of nitrogens with one attached hydrogen (secondary N) is 1. The first-order chi connectivity index (χ1) is 8.66. The second kappa shape index (κ2) is 7.55. The highest BCUT2D eigenvalue weighted by Gasteiger charge is 2.09. The molecule has 1 rings (SSSR count). The fraction of sp³-hybridized carbons (Fsp3) is 0.462. The Morgan fingerprint density at radius 3 is 2.78 bits per heavy atom. The summed E-state index contributed by atoms with van der Waals surface area (Å²) in [5.41, 5.74) is 12.8. The van der Waals surface area contributed by atoms with E-state index in [2.05, 4.69) is 5.32 Å². The van der Waals surface area contributed by atoms with Crippen molar-refractivity contribution in [3.05, 3.63) is 23.8 Å². The van der Waals surface area contributed by atoms with Crippen LogP contribution < -0.4 is 16.8 Å².